The van der Waals surface area contributed by atoms with Crippen molar-refractivity contribution in [1.29, 1.82) is 0 Å². The first kappa shape index (κ1) is 10.6. The van der Waals surface area contributed by atoms with E-state index in [-0.39, 0.29) is 0 Å². The Balaban J connectivity index is 2.01. The standard InChI is InChI=1S/C10H13N3S2/c1-6-4-9(7(2)14-6)5-11-10-13-12-8(3)15-10/h4H,5H2,1-3H3,(H,11,13). The van der Waals surface area contributed by atoms with E-state index in [0.29, 0.717) is 0 Å². The van der Waals surface area contributed by atoms with Gasteiger partial charge in [0.1, 0.15) is 5.01 Å². The summed E-state index contributed by atoms with van der Waals surface area (Å²) >= 11 is 3.43. The second-order valence-electron chi connectivity index (χ2n) is 3.42. The molecule has 2 rings (SSSR count). The van der Waals surface area contributed by atoms with E-state index in [1.807, 2.05) is 18.3 Å². The molecular weight excluding hydrogens is 226 g/mol. The van der Waals surface area contributed by atoms with E-state index in [9.17, 15) is 0 Å². The average molecular weight is 239 g/mol. The van der Waals surface area contributed by atoms with Crippen molar-refractivity contribution in [2.75, 3.05) is 5.32 Å². The highest BCUT2D eigenvalue weighted by atomic mass is 32.1. The van der Waals surface area contributed by atoms with Gasteiger partial charge in [0.25, 0.3) is 0 Å². The second-order valence-corrected chi connectivity index (χ2v) is 6.06. The van der Waals surface area contributed by atoms with E-state index < -0.39 is 0 Å². The smallest absolute Gasteiger partial charge is 0.205 e. The quantitative estimate of drug-likeness (QED) is 0.894. The minimum Gasteiger partial charge on any atom is -0.356 e. The maximum Gasteiger partial charge on any atom is 0.205 e. The molecule has 0 aliphatic rings. The first-order valence-corrected chi connectivity index (χ1v) is 6.38. The van der Waals surface area contributed by atoms with Gasteiger partial charge in [-0.05, 0) is 32.4 Å². The molecule has 2 aromatic rings. The van der Waals surface area contributed by atoms with Crippen molar-refractivity contribution in [2.45, 2.75) is 27.3 Å². The lowest BCUT2D eigenvalue weighted by atomic mass is 10.2. The first-order chi connectivity index (χ1) is 7.15. The molecule has 0 amide bonds. The topological polar surface area (TPSA) is 37.8 Å². The predicted octanol–water partition coefficient (Wildman–Crippen LogP) is 3.14. The number of hydrogen-bond acceptors (Lipinski definition) is 5. The summed E-state index contributed by atoms with van der Waals surface area (Å²) in [7, 11) is 0. The van der Waals surface area contributed by atoms with Crippen LogP contribution in [0.1, 0.15) is 20.3 Å². The van der Waals surface area contributed by atoms with E-state index in [1.54, 1.807) is 11.3 Å². The molecule has 0 saturated carbocycles. The Bertz CT molecular complexity index is 459. The molecule has 1 N–H and O–H groups in total. The number of nitrogens with one attached hydrogen (secondary N) is 1. The van der Waals surface area contributed by atoms with Crippen LogP contribution in [0.15, 0.2) is 6.07 Å². The van der Waals surface area contributed by atoms with Gasteiger partial charge in [-0.2, -0.15) is 0 Å². The number of thiophene rings is 1. The second kappa shape index (κ2) is 4.28. The van der Waals surface area contributed by atoms with E-state index in [2.05, 4.69) is 35.4 Å². The maximum absolute atomic E-state index is 4.03. The molecule has 3 nitrogen and oxygen atoms in total. The predicted molar refractivity (Wildman–Crippen MR) is 65.8 cm³/mol. The number of aryl methyl sites for hydroxylation is 3. The third-order valence-electron chi connectivity index (χ3n) is 2.10. The van der Waals surface area contributed by atoms with Crippen molar-refractivity contribution >= 4 is 27.8 Å². The molecule has 0 unspecified atom stereocenters. The summed E-state index contributed by atoms with van der Waals surface area (Å²) < 4.78 is 0. The van der Waals surface area contributed by atoms with E-state index >= 15 is 0 Å². The molecule has 0 aliphatic carbocycles. The molecule has 0 aliphatic heterocycles. The number of anilines is 1. The van der Waals surface area contributed by atoms with Gasteiger partial charge in [0.05, 0.1) is 0 Å². The van der Waals surface area contributed by atoms with Crippen molar-refractivity contribution < 1.29 is 0 Å². The van der Waals surface area contributed by atoms with E-state index in [1.165, 1.54) is 15.3 Å². The Morgan fingerprint density at radius 1 is 1.20 bits per heavy atom. The van der Waals surface area contributed by atoms with Gasteiger partial charge in [0, 0.05) is 16.3 Å². The highest BCUT2D eigenvalue weighted by molar-refractivity contribution is 7.15. The Hall–Kier alpha value is -0.940. The lowest BCUT2D eigenvalue weighted by molar-refractivity contribution is 1.02. The maximum atomic E-state index is 4.03. The minimum atomic E-state index is 0.838. The molecule has 15 heavy (non-hydrogen) atoms. The van der Waals surface area contributed by atoms with Gasteiger partial charge in [-0.15, -0.1) is 21.5 Å². The summed E-state index contributed by atoms with van der Waals surface area (Å²) in [6.07, 6.45) is 0. The highest BCUT2D eigenvalue weighted by Crippen LogP contribution is 2.22. The molecule has 0 saturated heterocycles. The van der Waals surface area contributed by atoms with Crippen molar-refractivity contribution in [3.63, 3.8) is 0 Å². The van der Waals surface area contributed by atoms with Crippen LogP contribution in [0, 0.1) is 20.8 Å². The Morgan fingerprint density at radius 3 is 2.53 bits per heavy atom. The summed E-state index contributed by atoms with van der Waals surface area (Å²) in [4.78, 5) is 2.74. The largest absolute Gasteiger partial charge is 0.356 e. The fourth-order valence-corrected chi connectivity index (χ4v) is 2.93. The van der Waals surface area contributed by atoms with Gasteiger partial charge in [-0.25, -0.2) is 0 Å². The van der Waals surface area contributed by atoms with Crippen LogP contribution in [0.5, 0.6) is 0 Å². The molecule has 80 valence electrons. The van der Waals surface area contributed by atoms with Crippen molar-refractivity contribution in [3.05, 3.63) is 26.4 Å². The Kier molecular flexibility index (Phi) is 3.02. The summed E-state index contributed by atoms with van der Waals surface area (Å²) in [6.45, 7) is 7.09. The van der Waals surface area contributed by atoms with E-state index in [0.717, 1.165) is 16.7 Å². The molecule has 0 bridgehead atoms. The number of rotatable bonds is 3. The van der Waals surface area contributed by atoms with Gasteiger partial charge in [-0.3, -0.25) is 0 Å². The van der Waals surface area contributed by atoms with Crippen molar-refractivity contribution in [1.82, 2.24) is 10.2 Å². The van der Waals surface area contributed by atoms with Crippen LogP contribution in [0.3, 0.4) is 0 Å². The fourth-order valence-electron chi connectivity index (χ4n) is 1.40. The molecule has 0 spiro atoms. The summed E-state index contributed by atoms with van der Waals surface area (Å²) in [5, 5.41) is 13.2. The van der Waals surface area contributed by atoms with Gasteiger partial charge >= 0.3 is 0 Å². The zero-order valence-electron chi connectivity index (χ0n) is 9.00. The number of nitrogens with zero attached hydrogens (tertiary/aromatic N) is 2. The minimum absolute atomic E-state index is 0.838. The fraction of sp³-hybridized carbons (Fsp3) is 0.400. The molecule has 0 radical (unpaired) electrons. The summed E-state index contributed by atoms with van der Waals surface area (Å²) in [5.74, 6) is 0. The lowest BCUT2D eigenvalue weighted by Crippen LogP contribution is -1.98. The van der Waals surface area contributed by atoms with Crippen molar-refractivity contribution in [3.8, 4) is 0 Å². The first-order valence-electron chi connectivity index (χ1n) is 4.75. The monoisotopic (exact) mass is 239 g/mol. The summed E-state index contributed by atoms with van der Waals surface area (Å²) in [5.41, 5.74) is 1.35. The molecule has 0 fully saturated rings. The molecule has 2 aromatic heterocycles. The molecule has 5 heteroatoms. The zero-order chi connectivity index (χ0) is 10.8. The van der Waals surface area contributed by atoms with Gasteiger partial charge in [-0.1, -0.05) is 11.3 Å². The van der Waals surface area contributed by atoms with E-state index in [4.69, 9.17) is 0 Å². The van der Waals surface area contributed by atoms with Crippen LogP contribution in [0.2, 0.25) is 0 Å². The summed E-state index contributed by atoms with van der Waals surface area (Å²) in [6, 6.07) is 2.22. The van der Waals surface area contributed by atoms with Gasteiger partial charge in [0.15, 0.2) is 0 Å². The lowest BCUT2D eigenvalue weighted by Gasteiger charge is -2.00. The molecule has 2 heterocycles. The Morgan fingerprint density at radius 2 is 2.00 bits per heavy atom. The third-order valence-corrected chi connectivity index (χ3v) is 3.90. The third kappa shape index (κ3) is 2.54. The highest BCUT2D eigenvalue weighted by Gasteiger charge is 2.04. The van der Waals surface area contributed by atoms with Crippen LogP contribution in [0.4, 0.5) is 5.13 Å². The van der Waals surface area contributed by atoms with Gasteiger partial charge < -0.3 is 5.32 Å². The number of hydrogen-bond donors (Lipinski definition) is 1. The Labute approximate surface area is 97.2 Å². The SMILES string of the molecule is Cc1cc(CNc2nnc(C)s2)c(C)s1. The molecule has 0 atom stereocenters. The van der Waals surface area contributed by atoms with Crippen LogP contribution in [-0.4, -0.2) is 10.2 Å². The number of aromatic nitrogens is 2. The van der Waals surface area contributed by atoms with Crippen LogP contribution in [-0.2, 0) is 6.54 Å². The molecular formula is C10H13N3S2. The van der Waals surface area contributed by atoms with Crippen molar-refractivity contribution in [2.24, 2.45) is 0 Å². The van der Waals surface area contributed by atoms with Gasteiger partial charge in [0.2, 0.25) is 5.13 Å². The zero-order valence-corrected chi connectivity index (χ0v) is 10.6. The normalized spacial score (nSPS) is 10.6. The van der Waals surface area contributed by atoms with Crippen LogP contribution in [0.25, 0.3) is 0 Å². The van der Waals surface area contributed by atoms with Crippen LogP contribution < -0.4 is 5.32 Å². The average Bonchev–Trinajstić information content (AvgIpc) is 2.70. The van der Waals surface area contributed by atoms with Crippen LogP contribution >= 0.6 is 22.7 Å². The molecule has 0 aromatic carbocycles.